The van der Waals surface area contributed by atoms with Gasteiger partial charge in [-0.1, -0.05) is 54.1 Å². The molecule has 2 aliphatic rings. The highest BCUT2D eigenvalue weighted by molar-refractivity contribution is 6.30. The molecule has 5 rings (SSSR count). The summed E-state index contributed by atoms with van der Waals surface area (Å²) in [5.41, 5.74) is 1.07. The van der Waals surface area contributed by atoms with Crippen molar-refractivity contribution in [3.63, 3.8) is 0 Å². The molecular formula is C23H19ClN2O4. The molecule has 30 heavy (non-hydrogen) atoms. The molecular weight excluding hydrogens is 404 g/mol. The first kappa shape index (κ1) is 18.9. The monoisotopic (exact) mass is 422 g/mol. The fraction of sp³-hybridized carbons (Fsp3) is 0.217. The molecule has 2 heterocycles. The molecule has 0 aliphatic carbocycles. The third-order valence-electron chi connectivity index (χ3n) is 5.68. The van der Waals surface area contributed by atoms with E-state index in [1.54, 1.807) is 19.1 Å². The van der Waals surface area contributed by atoms with Crippen LogP contribution in [0.25, 0.3) is 10.8 Å². The quantitative estimate of drug-likeness (QED) is 0.638. The largest absolute Gasteiger partial charge is 0.467 e. The molecule has 1 atom stereocenters. The van der Waals surface area contributed by atoms with Crippen LogP contribution in [0.2, 0.25) is 5.02 Å². The predicted molar refractivity (Wildman–Crippen MR) is 112 cm³/mol. The van der Waals surface area contributed by atoms with Gasteiger partial charge in [0.15, 0.2) is 6.79 Å². The Bertz CT molecular complexity index is 1190. The first-order valence-electron chi connectivity index (χ1n) is 9.61. The number of benzene rings is 3. The van der Waals surface area contributed by atoms with Gasteiger partial charge in [-0.05, 0) is 35.4 Å². The summed E-state index contributed by atoms with van der Waals surface area (Å²) in [5, 5.41) is 5.33. The van der Waals surface area contributed by atoms with Gasteiger partial charge >= 0.3 is 6.03 Å². The maximum atomic E-state index is 13.5. The molecule has 7 heteroatoms. The van der Waals surface area contributed by atoms with Crippen LogP contribution in [0, 0.1) is 0 Å². The van der Waals surface area contributed by atoms with E-state index >= 15 is 0 Å². The van der Waals surface area contributed by atoms with E-state index in [1.165, 1.54) is 4.90 Å². The standard InChI is InChI=1S/C23H19ClN2O4/c1-23(19-8-4-6-14-5-2-3-7-18(14)19)21(27)26(22(28)25-23)11-15-9-17(24)10-16-12-29-13-30-20(15)16/h2-10H,11-13H2,1H3,(H,25,28). The van der Waals surface area contributed by atoms with E-state index < -0.39 is 11.6 Å². The highest BCUT2D eigenvalue weighted by Crippen LogP contribution is 2.37. The van der Waals surface area contributed by atoms with Crippen molar-refractivity contribution in [3.05, 3.63) is 76.3 Å². The topological polar surface area (TPSA) is 67.9 Å². The summed E-state index contributed by atoms with van der Waals surface area (Å²) in [5.74, 6) is 0.301. The van der Waals surface area contributed by atoms with Crippen LogP contribution in [0.5, 0.6) is 5.75 Å². The highest BCUT2D eigenvalue weighted by Gasteiger charge is 2.49. The van der Waals surface area contributed by atoms with E-state index in [1.807, 2.05) is 42.5 Å². The maximum Gasteiger partial charge on any atom is 0.325 e. The fourth-order valence-corrected chi connectivity index (χ4v) is 4.49. The van der Waals surface area contributed by atoms with Gasteiger partial charge in [-0.3, -0.25) is 9.69 Å². The number of nitrogens with zero attached hydrogens (tertiary/aromatic N) is 1. The molecule has 1 saturated heterocycles. The van der Waals surface area contributed by atoms with Gasteiger partial charge in [0, 0.05) is 16.1 Å². The number of halogens is 1. The number of hydrogen-bond acceptors (Lipinski definition) is 4. The number of carbonyl (C=O) groups excluding carboxylic acids is 2. The van der Waals surface area contributed by atoms with E-state index in [0.717, 1.165) is 21.9 Å². The molecule has 152 valence electrons. The van der Waals surface area contributed by atoms with Gasteiger partial charge in [-0.15, -0.1) is 0 Å². The van der Waals surface area contributed by atoms with Crippen molar-refractivity contribution >= 4 is 34.3 Å². The highest BCUT2D eigenvalue weighted by atomic mass is 35.5. The Balaban J connectivity index is 1.53. The van der Waals surface area contributed by atoms with Crippen LogP contribution in [0.1, 0.15) is 23.6 Å². The summed E-state index contributed by atoms with van der Waals surface area (Å²) >= 11 is 6.24. The van der Waals surface area contributed by atoms with Crippen LogP contribution in [-0.2, 0) is 28.2 Å². The van der Waals surface area contributed by atoms with Gasteiger partial charge in [0.2, 0.25) is 0 Å². The molecule has 1 fully saturated rings. The minimum Gasteiger partial charge on any atom is -0.467 e. The van der Waals surface area contributed by atoms with Gasteiger partial charge in [-0.2, -0.15) is 0 Å². The zero-order chi connectivity index (χ0) is 20.9. The number of nitrogens with one attached hydrogen (secondary N) is 1. The van der Waals surface area contributed by atoms with Gasteiger partial charge in [0.25, 0.3) is 5.91 Å². The van der Waals surface area contributed by atoms with E-state index in [-0.39, 0.29) is 19.2 Å². The molecule has 3 aromatic rings. The van der Waals surface area contributed by atoms with Crippen LogP contribution < -0.4 is 10.1 Å². The number of fused-ring (bicyclic) bond motifs is 2. The SMILES string of the molecule is CC1(c2cccc3ccccc23)NC(=O)N(Cc2cc(Cl)cc3c2OCOC3)C1=O. The normalized spacial score (nSPS) is 20.8. The summed E-state index contributed by atoms with van der Waals surface area (Å²) in [6.07, 6.45) is 0. The van der Waals surface area contributed by atoms with Crippen molar-refractivity contribution in [2.45, 2.75) is 25.6 Å². The second kappa shape index (κ2) is 7.00. The molecule has 1 N–H and O–H groups in total. The molecule has 0 radical (unpaired) electrons. The molecule has 0 spiro atoms. The lowest BCUT2D eigenvalue weighted by molar-refractivity contribution is -0.131. The Morgan fingerprint density at radius 3 is 2.80 bits per heavy atom. The smallest absolute Gasteiger partial charge is 0.325 e. The number of hydrogen-bond donors (Lipinski definition) is 1. The Morgan fingerprint density at radius 1 is 1.13 bits per heavy atom. The molecule has 3 aromatic carbocycles. The van der Waals surface area contributed by atoms with Crippen molar-refractivity contribution in [3.8, 4) is 5.75 Å². The lowest BCUT2D eigenvalue weighted by Gasteiger charge is -2.25. The molecule has 3 amide bonds. The lowest BCUT2D eigenvalue weighted by Crippen LogP contribution is -2.41. The minimum absolute atomic E-state index is 0.0634. The van der Waals surface area contributed by atoms with Crippen molar-refractivity contribution < 1.29 is 19.1 Å². The molecule has 0 bridgehead atoms. The lowest BCUT2D eigenvalue weighted by atomic mass is 9.87. The first-order valence-corrected chi connectivity index (χ1v) is 9.99. The number of urea groups is 1. The van der Waals surface area contributed by atoms with E-state index in [4.69, 9.17) is 21.1 Å². The summed E-state index contributed by atoms with van der Waals surface area (Å²) < 4.78 is 10.9. The van der Waals surface area contributed by atoms with Crippen LogP contribution in [0.15, 0.2) is 54.6 Å². The van der Waals surface area contributed by atoms with Gasteiger partial charge in [-0.25, -0.2) is 4.79 Å². The molecule has 0 saturated carbocycles. The zero-order valence-corrected chi connectivity index (χ0v) is 17.0. The van der Waals surface area contributed by atoms with Crippen LogP contribution in [0.4, 0.5) is 4.79 Å². The number of ether oxygens (including phenoxy) is 2. The predicted octanol–water partition coefficient (Wildman–Crippen LogP) is 4.33. The van der Waals surface area contributed by atoms with Crippen molar-refractivity contribution in [2.75, 3.05) is 6.79 Å². The van der Waals surface area contributed by atoms with Crippen molar-refractivity contribution in [1.29, 1.82) is 0 Å². The van der Waals surface area contributed by atoms with E-state index in [2.05, 4.69) is 5.32 Å². The summed E-state index contributed by atoms with van der Waals surface area (Å²) in [6.45, 7) is 2.30. The second-order valence-corrected chi connectivity index (χ2v) is 8.07. The van der Waals surface area contributed by atoms with Crippen LogP contribution in [-0.4, -0.2) is 23.6 Å². The van der Waals surface area contributed by atoms with Gasteiger partial charge < -0.3 is 14.8 Å². The van der Waals surface area contributed by atoms with Crippen molar-refractivity contribution in [1.82, 2.24) is 10.2 Å². The Hall–Kier alpha value is -3.09. The van der Waals surface area contributed by atoms with Gasteiger partial charge in [0.05, 0.1) is 13.2 Å². The van der Waals surface area contributed by atoms with Crippen LogP contribution in [0.3, 0.4) is 0 Å². The Labute approximate surface area is 178 Å². The second-order valence-electron chi connectivity index (χ2n) is 7.64. The molecule has 0 aromatic heterocycles. The number of amides is 3. The zero-order valence-electron chi connectivity index (χ0n) is 16.3. The molecule has 6 nitrogen and oxygen atoms in total. The number of rotatable bonds is 3. The van der Waals surface area contributed by atoms with Gasteiger partial charge in [0.1, 0.15) is 11.3 Å². The summed E-state index contributed by atoms with van der Waals surface area (Å²) in [6, 6.07) is 16.6. The molecule has 2 aliphatic heterocycles. The average Bonchev–Trinajstić information content (AvgIpc) is 2.97. The van der Waals surface area contributed by atoms with E-state index in [9.17, 15) is 9.59 Å². The first-order chi connectivity index (χ1) is 14.5. The maximum absolute atomic E-state index is 13.5. The third-order valence-corrected chi connectivity index (χ3v) is 5.90. The summed E-state index contributed by atoms with van der Waals surface area (Å²) in [7, 11) is 0. The van der Waals surface area contributed by atoms with Crippen LogP contribution >= 0.6 is 11.6 Å². The third kappa shape index (κ3) is 2.91. The molecule has 1 unspecified atom stereocenters. The van der Waals surface area contributed by atoms with E-state index in [0.29, 0.717) is 22.9 Å². The number of carbonyl (C=O) groups is 2. The average molecular weight is 423 g/mol. The Morgan fingerprint density at radius 2 is 1.93 bits per heavy atom. The Kier molecular flexibility index (Phi) is 4.41. The summed E-state index contributed by atoms with van der Waals surface area (Å²) in [4.78, 5) is 27.6. The fourth-order valence-electron chi connectivity index (χ4n) is 4.23. The minimum atomic E-state index is -1.17. The van der Waals surface area contributed by atoms with Crippen molar-refractivity contribution in [2.24, 2.45) is 0 Å². The number of imide groups is 1.